The molecule has 2 N–H and O–H groups in total. The van der Waals surface area contributed by atoms with E-state index < -0.39 is 5.54 Å². The van der Waals surface area contributed by atoms with Crippen molar-refractivity contribution in [1.82, 2.24) is 15.5 Å². The average Bonchev–Trinajstić information content (AvgIpc) is 3.53. The second-order valence-electron chi connectivity index (χ2n) is 9.95. The van der Waals surface area contributed by atoms with Gasteiger partial charge in [0.05, 0.1) is 19.3 Å². The van der Waals surface area contributed by atoms with E-state index in [1.54, 1.807) is 0 Å². The van der Waals surface area contributed by atoms with E-state index in [1.807, 2.05) is 52.0 Å². The van der Waals surface area contributed by atoms with Gasteiger partial charge in [-0.25, -0.2) is 0 Å². The minimum Gasteiger partial charge on any atom is -0.339 e. The maximum absolute atomic E-state index is 12.9. The Morgan fingerprint density at radius 3 is 2.51 bits per heavy atom. The minimum absolute atomic E-state index is 0.0157. The van der Waals surface area contributed by atoms with E-state index in [0.29, 0.717) is 45.1 Å². The normalized spacial score (nSPS) is 25.6. The first kappa shape index (κ1) is 30.4. The van der Waals surface area contributed by atoms with Crippen molar-refractivity contribution in [2.24, 2.45) is 10.9 Å². The summed E-state index contributed by atoms with van der Waals surface area (Å²) in [6.07, 6.45) is 10.3. The van der Waals surface area contributed by atoms with Gasteiger partial charge in [0.25, 0.3) is 0 Å². The van der Waals surface area contributed by atoms with Crippen molar-refractivity contribution >= 4 is 23.3 Å². The summed E-state index contributed by atoms with van der Waals surface area (Å²) in [4.78, 5) is 34.9. The number of aliphatic imine (C=N–C) groups is 1. The van der Waals surface area contributed by atoms with Gasteiger partial charge in [-0.15, -0.1) is 0 Å². The number of piperidine rings is 1. The summed E-state index contributed by atoms with van der Waals surface area (Å²) in [7, 11) is 0. The molecule has 3 fully saturated rings. The Morgan fingerprint density at radius 2 is 1.87 bits per heavy atom. The number of anilines is 1. The van der Waals surface area contributed by atoms with E-state index in [2.05, 4.69) is 58.2 Å². The molecule has 4 aliphatic rings. The number of nitrogens with zero attached hydrogens (tertiary/aromatic N) is 3. The summed E-state index contributed by atoms with van der Waals surface area (Å²) in [5.74, 6) is 1.23. The Bertz CT molecular complexity index is 1080. The van der Waals surface area contributed by atoms with E-state index >= 15 is 0 Å². The standard InChI is InChI=1S/C28H35N5O2.2C2H6/c1-3-8-20-11-12-24-23(22(20)4-2)17-25(30-24)31-26(34)18-32-15-13-28(14-16-32)27(35)29-19-33(28)21-9-6-5-7-10-21;2*1-2/h3-10,23-24H,1,11-19H2,2H3,(H,29,35)(H,30,31,34);2*1-2H3/b20-8-,22-4+;;. The Labute approximate surface area is 235 Å². The zero-order chi connectivity index (χ0) is 28.4. The highest BCUT2D eigenvalue weighted by Gasteiger charge is 2.50. The zero-order valence-electron chi connectivity index (χ0n) is 24.5. The number of para-hydroxylation sites is 1. The molecule has 1 aromatic carbocycles. The predicted octanol–water partition coefficient (Wildman–Crippen LogP) is 5.22. The summed E-state index contributed by atoms with van der Waals surface area (Å²) in [5, 5.41) is 6.13. The number of allylic oxidation sites excluding steroid dienone is 4. The third-order valence-electron chi connectivity index (χ3n) is 8.05. The number of amides is 2. The number of carbonyl (C=O) groups excluding carboxylic acids is 2. The average molecular weight is 534 g/mol. The van der Waals surface area contributed by atoms with Gasteiger partial charge >= 0.3 is 0 Å². The van der Waals surface area contributed by atoms with E-state index in [0.717, 1.165) is 30.8 Å². The number of fused-ring (bicyclic) bond motifs is 1. The van der Waals surface area contributed by atoms with E-state index in [-0.39, 0.29) is 17.9 Å². The lowest BCUT2D eigenvalue weighted by Crippen LogP contribution is -2.57. The SMILES string of the molecule is C=C/C=C1/CCC2N=C(NC(=O)CN3CCC4(CC3)C(=O)NCN4c3ccccc3)CC2/C1=C/C.CC.CC. The number of hydrogen-bond acceptors (Lipinski definition) is 5. The molecule has 7 heteroatoms. The largest absolute Gasteiger partial charge is 0.339 e. The Kier molecular flexibility index (Phi) is 11.1. The lowest BCUT2D eigenvalue weighted by molar-refractivity contribution is -0.125. The number of nitrogens with one attached hydrogen (secondary N) is 2. The van der Waals surface area contributed by atoms with Gasteiger partial charge in [0.1, 0.15) is 11.4 Å². The zero-order valence-corrected chi connectivity index (χ0v) is 24.5. The molecule has 212 valence electrons. The minimum atomic E-state index is -0.529. The van der Waals surface area contributed by atoms with Crippen LogP contribution < -0.4 is 15.5 Å². The fourth-order valence-corrected chi connectivity index (χ4v) is 6.28. The van der Waals surface area contributed by atoms with Gasteiger partial charge in [0.15, 0.2) is 0 Å². The fraction of sp³-hybridized carbons (Fsp3) is 0.531. The maximum Gasteiger partial charge on any atom is 0.247 e. The van der Waals surface area contributed by atoms with Crippen LogP contribution in [0.2, 0.25) is 0 Å². The van der Waals surface area contributed by atoms with Crippen molar-refractivity contribution in [3.63, 3.8) is 0 Å². The first-order valence-corrected chi connectivity index (χ1v) is 14.7. The topological polar surface area (TPSA) is 77.0 Å². The molecule has 0 bridgehead atoms. The number of amidine groups is 1. The summed E-state index contributed by atoms with van der Waals surface area (Å²) < 4.78 is 0. The van der Waals surface area contributed by atoms with Crippen LogP contribution in [-0.4, -0.2) is 60.4 Å². The predicted molar refractivity (Wildman–Crippen MR) is 162 cm³/mol. The molecular formula is C32H47N5O2. The molecule has 2 saturated heterocycles. The third kappa shape index (κ3) is 6.52. The van der Waals surface area contributed by atoms with Crippen molar-refractivity contribution in [3.8, 4) is 0 Å². The smallest absolute Gasteiger partial charge is 0.247 e. The number of carbonyl (C=O) groups is 2. The van der Waals surface area contributed by atoms with Crippen LogP contribution >= 0.6 is 0 Å². The molecule has 0 aromatic heterocycles. The van der Waals surface area contributed by atoms with Gasteiger partial charge in [-0.3, -0.25) is 19.5 Å². The number of hydrogen-bond donors (Lipinski definition) is 2. The number of benzene rings is 1. The van der Waals surface area contributed by atoms with Crippen LogP contribution in [0.25, 0.3) is 0 Å². The lowest BCUT2D eigenvalue weighted by Gasteiger charge is -2.43. The number of likely N-dealkylation sites (tertiary alicyclic amines) is 1. The molecule has 0 radical (unpaired) electrons. The van der Waals surface area contributed by atoms with Crippen LogP contribution in [0.4, 0.5) is 5.69 Å². The Morgan fingerprint density at radius 1 is 1.18 bits per heavy atom. The van der Waals surface area contributed by atoms with E-state index in [9.17, 15) is 9.59 Å². The van der Waals surface area contributed by atoms with Crippen molar-refractivity contribution < 1.29 is 9.59 Å². The quantitative estimate of drug-likeness (QED) is 0.556. The lowest BCUT2D eigenvalue weighted by atomic mass is 9.77. The maximum atomic E-state index is 12.9. The second-order valence-corrected chi connectivity index (χ2v) is 9.95. The highest BCUT2D eigenvalue weighted by molar-refractivity contribution is 6.00. The molecule has 1 aromatic rings. The van der Waals surface area contributed by atoms with Crippen LogP contribution in [0.15, 0.2) is 71.3 Å². The van der Waals surface area contributed by atoms with Crippen molar-refractivity contribution in [3.05, 3.63) is 66.3 Å². The molecular weight excluding hydrogens is 486 g/mol. The molecule has 2 atom stereocenters. The van der Waals surface area contributed by atoms with Gasteiger partial charge in [-0.1, -0.05) is 70.7 Å². The second kappa shape index (κ2) is 14.3. The summed E-state index contributed by atoms with van der Waals surface area (Å²) in [6, 6.07) is 10.3. The van der Waals surface area contributed by atoms with Crippen molar-refractivity contribution in [2.75, 3.05) is 31.2 Å². The van der Waals surface area contributed by atoms with E-state index in [4.69, 9.17) is 4.99 Å². The molecule has 2 amide bonds. The van der Waals surface area contributed by atoms with Crippen LogP contribution in [0.3, 0.4) is 0 Å². The third-order valence-corrected chi connectivity index (χ3v) is 8.05. The summed E-state index contributed by atoms with van der Waals surface area (Å²) >= 11 is 0. The molecule has 7 nitrogen and oxygen atoms in total. The molecule has 1 aliphatic carbocycles. The summed E-state index contributed by atoms with van der Waals surface area (Å²) in [5.41, 5.74) is 3.21. The van der Waals surface area contributed by atoms with Crippen LogP contribution in [0, 0.1) is 5.92 Å². The Hall–Kier alpha value is -3.19. The van der Waals surface area contributed by atoms with Crippen molar-refractivity contribution in [2.45, 2.75) is 78.3 Å². The van der Waals surface area contributed by atoms with Gasteiger partial charge in [0.2, 0.25) is 11.8 Å². The molecule has 1 spiro atoms. The Balaban J connectivity index is 0.00000100. The molecule has 5 rings (SSSR count). The molecule has 1 saturated carbocycles. The first-order chi connectivity index (χ1) is 19.0. The van der Waals surface area contributed by atoms with Gasteiger partial charge in [-0.05, 0) is 55.9 Å². The highest BCUT2D eigenvalue weighted by Crippen LogP contribution is 2.41. The summed E-state index contributed by atoms with van der Waals surface area (Å²) in [6.45, 7) is 16.2. The van der Waals surface area contributed by atoms with Crippen LogP contribution in [0.1, 0.15) is 66.7 Å². The molecule has 3 heterocycles. The van der Waals surface area contributed by atoms with Gasteiger partial charge in [-0.2, -0.15) is 0 Å². The van der Waals surface area contributed by atoms with Crippen LogP contribution in [-0.2, 0) is 9.59 Å². The van der Waals surface area contributed by atoms with E-state index in [1.165, 1.54) is 11.1 Å². The van der Waals surface area contributed by atoms with Gasteiger partial charge in [0, 0.05) is 31.1 Å². The first-order valence-electron chi connectivity index (χ1n) is 14.7. The van der Waals surface area contributed by atoms with Crippen molar-refractivity contribution in [1.29, 1.82) is 0 Å². The molecule has 2 unspecified atom stereocenters. The highest BCUT2D eigenvalue weighted by atomic mass is 16.2. The monoisotopic (exact) mass is 533 g/mol. The molecule has 39 heavy (non-hydrogen) atoms. The fourth-order valence-electron chi connectivity index (χ4n) is 6.28. The number of rotatable bonds is 4. The molecule has 3 aliphatic heterocycles. The van der Waals surface area contributed by atoms with Crippen LogP contribution in [0.5, 0.6) is 0 Å². The van der Waals surface area contributed by atoms with Gasteiger partial charge < -0.3 is 15.5 Å².